The number of carbonyl (C=O) groups excluding carboxylic acids is 1. The van der Waals surface area contributed by atoms with Crippen molar-refractivity contribution >= 4 is 17.5 Å². The molecule has 0 spiro atoms. The van der Waals surface area contributed by atoms with Gasteiger partial charge < -0.3 is 14.4 Å². The highest BCUT2D eigenvalue weighted by atomic mass is 35.5. The zero-order valence-corrected chi connectivity index (χ0v) is 16.2. The number of methoxy groups -OCH3 is 1. The van der Waals surface area contributed by atoms with Crippen LogP contribution in [-0.4, -0.2) is 55.6 Å². The van der Waals surface area contributed by atoms with Crippen LogP contribution < -0.4 is 9.47 Å². The van der Waals surface area contributed by atoms with Crippen LogP contribution in [0.2, 0.25) is 5.02 Å². The Bertz CT molecular complexity index is 827. The zero-order valence-electron chi connectivity index (χ0n) is 15.4. The molecular formula is C20H21ClF2N2O3. The number of hydrogen-bond acceptors (Lipinski definition) is 4. The summed E-state index contributed by atoms with van der Waals surface area (Å²) in [7, 11) is 1.62. The third-order valence-electron chi connectivity index (χ3n) is 4.60. The van der Waals surface area contributed by atoms with Crippen LogP contribution in [0.3, 0.4) is 0 Å². The van der Waals surface area contributed by atoms with E-state index in [-0.39, 0.29) is 11.7 Å². The molecule has 3 rings (SSSR count). The summed E-state index contributed by atoms with van der Waals surface area (Å²) >= 11 is 6.08. The molecule has 1 aliphatic rings. The largest absolute Gasteiger partial charge is 0.496 e. The number of carbonyl (C=O) groups is 1. The zero-order chi connectivity index (χ0) is 20.1. The highest BCUT2D eigenvalue weighted by Gasteiger charge is 2.23. The van der Waals surface area contributed by atoms with Gasteiger partial charge in [0.2, 0.25) is 0 Å². The Kier molecular flexibility index (Phi) is 6.70. The number of rotatable bonds is 6. The molecule has 0 unspecified atom stereocenters. The van der Waals surface area contributed by atoms with Crippen molar-refractivity contribution in [3.63, 3.8) is 0 Å². The summed E-state index contributed by atoms with van der Waals surface area (Å²) in [6.07, 6.45) is 0. The van der Waals surface area contributed by atoms with Crippen LogP contribution in [0.1, 0.15) is 15.9 Å². The maximum atomic E-state index is 12.7. The van der Waals surface area contributed by atoms with Gasteiger partial charge in [-0.1, -0.05) is 17.7 Å². The summed E-state index contributed by atoms with van der Waals surface area (Å²) in [5, 5.41) is 0.649. The Morgan fingerprint density at radius 3 is 2.57 bits per heavy atom. The van der Waals surface area contributed by atoms with E-state index in [1.165, 1.54) is 18.2 Å². The molecule has 0 aromatic heterocycles. The second-order valence-corrected chi connectivity index (χ2v) is 6.87. The minimum Gasteiger partial charge on any atom is -0.496 e. The predicted molar refractivity (Wildman–Crippen MR) is 102 cm³/mol. The molecule has 0 bridgehead atoms. The van der Waals surface area contributed by atoms with Crippen molar-refractivity contribution in [3.8, 4) is 11.5 Å². The van der Waals surface area contributed by atoms with E-state index in [9.17, 15) is 13.6 Å². The monoisotopic (exact) mass is 410 g/mol. The smallest absolute Gasteiger partial charge is 0.387 e. The molecule has 1 heterocycles. The lowest BCUT2D eigenvalue weighted by atomic mass is 10.1. The molecule has 1 amide bonds. The van der Waals surface area contributed by atoms with E-state index >= 15 is 0 Å². The van der Waals surface area contributed by atoms with Crippen molar-refractivity contribution in [2.75, 3.05) is 33.3 Å². The van der Waals surface area contributed by atoms with Gasteiger partial charge in [-0.3, -0.25) is 9.69 Å². The number of hydrogen-bond donors (Lipinski definition) is 0. The minimum absolute atomic E-state index is 0.0208. The maximum absolute atomic E-state index is 12.7. The first-order chi connectivity index (χ1) is 13.5. The van der Waals surface area contributed by atoms with Gasteiger partial charge in [0.25, 0.3) is 5.91 Å². The number of alkyl halides is 2. The summed E-state index contributed by atoms with van der Waals surface area (Å²) in [6.45, 7) is 0.216. The molecule has 1 aliphatic heterocycles. The average molecular weight is 411 g/mol. The van der Waals surface area contributed by atoms with Crippen LogP contribution in [0.15, 0.2) is 42.5 Å². The fourth-order valence-electron chi connectivity index (χ4n) is 3.21. The second kappa shape index (κ2) is 9.21. The number of halogens is 3. The quantitative estimate of drug-likeness (QED) is 0.724. The molecule has 2 aromatic rings. The van der Waals surface area contributed by atoms with E-state index in [2.05, 4.69) is 9.64 Å². The fraction of sp³-hybridized carbons (Fsp3) is 0.350. The SMILES string of the molecule is COc1ccc(Cl)cc1CN1CCN(C(=O)c2cccc(OC(F)F)c2)CC1. The molecule has 0 saturated carbocycles. The summed E-state index contributed by atoms with van der Waals surface area (Å²) in [5.74, 6) is 0.561. The van der Waals surface area contributed by atoms with Crippen molar-refractivity contribution in [1.82, 2.24) is 9.80 Å². The summed E-state index contributed by atoms with van der Waals surface area (Å²) in [5.41, 5.74) is 1.33. The van der Waals surface area contributed by atoms with Gasteiger partial charge in [-0.2, -0.15) is 8.78 Å². The number of ether oxygens (including phenoxy) is 2. The van der Waals surface area contributed by atoms with Gasteiger partial charge in [-0.05, 0) is 36.4 Å². The van der Waals surface area contributed by atoms with Crippen molar-refractivity contribution in [2.45, 2.75) is 13.2 Å². The molecule has 150 valence electrons. The Labute approximate surface area is 167 Å². The van der Waals surface area contributed by atoms with E-state index in [1.807, 2.05) is 12.1 Å². The van der Waals surface area contributed by atoms with Crippen LogP contribution in [-0.2, 0) is 6.54 Å². The molecule has 8 heteroatoms. The van der Waals surface area contributed by atoms with Crippen LogP contribution in [0.4, 0.5) is 8.78 Å². The molecule has 1 fully saturated rings. The van der Waals surface area contributed by atoms with E-state index in [0.29, 0.717) is 43.3 Å². The molecule has 0 aliphatic carbocycles. The standard InChI is InChI=1S/C20H21ClF2N2O3/c1-27-18-6-5-16(21)11-15(18)13-24-7-9-25(10-8-24)19(26)14-3-2-4-17(12-14)28-20(22)23/h2-6,11-12,20H,7-10,13H2,1H3. The molecule has 28 heavy (non-hydrogen) atoms. The van der Waals surface area contributed by atoms with Crippen molar-refractivity contribution < 1.29 is 23.0 Å². The van der Waals surface area contributed by atoms with Crippen molar-refractivity contribution in [2.24, 2.45) is 0 Å². The first-order valence-corrected chi connectivity index (χ1v) is 9.23. The summed E-state index contributed by atoms with van der Waals surface area (Å²) in [4.78, 5) is 16.6. The Morgan fingerprint density at radius 2 is 1.89 bits per heavy atom. The van der Waals surface area contributed by atoms with E-state index in [4.69, 9.17) is 16.3 Å². The van der Waals surface area contributed by atoms with Crippen LogP contribution in [0.25, 0.3) is 0 Å². The minimum atomic E-state index is -2.92. The molecule has 0 atom stereocenters. The van der Waals surface area contributed by atoms with Crippen LogP contribution in [0.5, 0.6) is 11.5 Å². The first kappa shape index (κ1) is 20.4. The van der Waals surface area contributed by atoms with Crippen LogP contribution >= 0.6 is 11.6 Å². The lowest BCUT2D eigenvalue weighted by Crippen LogP contribution is -2.48. The number of benzene rings is 2. The third-order valence-corrected chi connectivity index (χ3v) is 4.84. The number of amides is 1. The van der Waals surface area contributed by atoms with Gasteiger partial charge >= 0.3 is 6.61 Å². The number of piperazine rings is 1. The van der Waals surface area contributed by atoms with Gasteiger partial charge in [0.15, 0.2) is 0 Å². The van der Waals surface area contributed by atoms with Gasteiger partial charge in [0, 0.05) is 48.9 Å². The molecular weight excluding hydrogens is 390 g/mol. The van der Waals surface area contributed by atoms with E-state index in [1.54, 1.807) is 24.1 Å². The van der Waals surface area contributed by atoms with Gasteiger partial charge in [0.1, 0.15) is 11.5 Å². The molecule has 5 nitrogen and oxygen atoms in total. The van der Waals surface area contributed by atoms with Gasteiger partial charge in [-0.15, -0.1) is 0 Å². The highest BCUT2D eigenvalue weighted by molar-refractivity contribution is 6.30. The lowest BCUT2D eigenvalue weighted by Gasteiger charge is -2.35. The molecule has 1 saturated heterocycles. The van der Waals surface area contributed by atoms with Crippen LogP contribution in [0, 0.1) is 0 Å². The summed E-state index contributed by atoms with van der Waals surface area (Å²) < 4.78 is 34.5. The van der Waals surface area contributed by atoms with Crippen molar-refractivity contribution in [1.29, 1.82) is 0 Å². The topological polar surface area (TPSA) is 42.0 Å². The second-order valence-electron chi connectivity index (χ2n) is 6.43. The van der Waals surface area contributed by atoms with Gasteiger partial charge in [-0.25, -0.2) is 0 Å². The Morgan fingerprint density at radius 1 is 1.14 bits per heavy atom. The summed E-state index contributed by atoms with van der Waals surface area (Å²) in [6, 6.07) is 11.4. The Hall–Kier alpha value is -2.38. The lowest BCUT2D eigenvalue weighted by molar-refractivity contribution is -0.0499. The fourth-order valence-corrected chi connectivity index (χ4v) is 3.40. The van der Waals surface area contributed by atoms with E-state index < -0.39 is 6.61 Å². The van der Waals surface area contributed by atoms with Crippen molar-refractivity contribution in [3.05, 3.63) is 58.6 Å². The van der Waals surface area contributed by atoms with Gasteiger partial charge in [0.05, 0.1) is 7.11 Å². The molecule has 2 aromatic carbocycles. The highest BCUT2D eigenvalue weighted by Crippen LogP contribution is 2.25. The number of nitrogens with zero attached hydrogens (tertiary/aromatic N) is 2. The molecule has 0 N–H and O–H groups in total. The predicted octanol–water partition coefficient (Wildman–Crippen LogP) is 3.91. The van der Waals surface area contributed by atoms with E-state index in [0.717, 1.165) is 11.3 Å². The molecule has 0 radical (unpaired) electrons. The average Bonchev–Trinajstić information content (AvgIpc) is 2.68. The third kappa shape index (κ3) is 5.11. The maximum Gasteiger partial charge on any atom is 0.387 e. The Balaban J connectivity index is 1.59. The first-order valence-electron chi connectivity index (χ1n) is 8.85. The normalized spacial score (nSPS) is 15.0.